The van der Waals surface area contributed by atoms with Crippen LogP contribution in [-0.2, 0) is 6.54 Å². The Kier molecular flexibility index (Phi) is 7.18. The molecular formula is C20H29N3O3. The highest BCUT2D eigenvalue weighted by Crippen LogP contribution is 2.17. The fourth-order valence-corrected chi connectivity index (χ4v) is 3.25. The van der Waals surface area contributed by atoms with Gasteiger partial charge in [-0.25, -0.2) is 0 Å². The van der Waals surface area contributed by atoms with Gasteiger partial charge in [-0.15, -0.1) is 6.58 Å². The molecule has 1 saturated carbocycles. The van der Waals surface area contributed by atoms with Gasteiger partial charge in [0.05, 0.1) is 0 Å². The Hall–Kier alpha value is -2.37. The molecule has 0 aliphatic heterocycles. The first kappa shape index (κ1) is 19.9. The van der Waals surface area contributed by atoms with Gasteiger partial charge in [0.15, 0.2) is 0 Å². The molecule has 2 amide bonds. The number of hydrogen-bond donors (Lipinski definition) is 2. The van der Waals surface area contributed by atoms with Gasteiger partial charge >= 0.3 is 0 Å². The Balaban J connectivity index is 2.32. The van der Waals surface area contributed by atoms with Crippen LogP contribution in [0.5, 0.6) is 0 Å². The lowest BCUT2D eigenvalue weighted by molar-refractivity contribution is 0.0925. The molecule has 142 valence electrons. The van der Waals surface area contributed by atoms with E-state index in [4.69, 9.17) is 0 Å². The second-order valence-electron chi connectivity index (χ2n) is 7.31. The maximum absolute atomic E-state index is 12.7. The quantitative estimate of drug-likeness (QED) is 0.734. The van der Waals surface area contributed by atoms with E-state index in [1.807, 2.05) is 13.8 Å². The van der Waals surface area contributed by atoms with Crippen LogP contribution in [0, 0.1) is 5.92 Å². The van der Waals surface area contributed by atoms with Gasteiger partial charge in [0.2, 0.25) is 5.43 Å². The van der Waals surface area contributed by atoms with Crippen molar-refractivity contribution in [1.82, 2.24) is 15.2 Å². The van der Waals surface area contributed by atoms with E-state index < -0.39 is 17.2 Å². The second kappa shape index (κ2) is 9.36. The van der Waals surface area contributed by atoms with Crippen LogP contribution in [0.4, 0.5) is 0 Å². The van der Waals surface area contributed by atoms with Crippen LogP contribution < -0.4 is 16.1 Å². The molecule has 6 nitrogen and oxygen atoms in total. The van der Waals surface area contributed by atoms with Crippen LogP contribution >= 0.6 is 0 Å². The minimum absolute atomic E-state index is 0.0104. The van der Waals surface area contributed by atoms with E-state index in [9.17, 15) is 14.4 Å². The lowest BCUT2D eigenvalue weighted by Gasteiger charge is -2.23. The molecule has 0 aromatic carbocycles. The van der Waals surface area contributed by atoms with Crippen LogP contribution in [0.2, 0.25) is 0 Å². The van der Waals surface area contributed by atoms with E-state index in [1.54, 1.807) is 16.8 Å². The van der Waals surface area contributed by atoms with E-state index in [1.165, 1.54) is 12.6 Å². The number of nitrogens with one attached hydrogen (secondary N) is 2. The minimum Gasteiger partial charge on any atom is -0.352 e. The lowest BCUT2D eigenvalue weighted by Crippen LogP contribution is -2.40. The molecule has 1 heterocycles. The zero-order chi connectivity index (χ0) is 19.1. The van der Waals surface area contributed by atoms with Gasteiger partial charge in [-0.2, -0.15) is 0 Å². The molecule has 0 saturated heterocycles. The largest absolute Gasteiger partial charge is 0.352 e. The average Bonchev–Trinajstić information content (AvgIpc) is 2.61. The molecule has 1 aliphatic carbocycles. The molecule has 1 aliphatic rings. The average molecular weight is 359 g/mol. The molecule has 26 heavy (non-hydrogen) atoms. The highest BCUT2D eigenvalue weighted by atomic mass is 16.2. The van der Waals surface area contributed by atoms with Crippen LogP contribution in [0.3, 0.4) is 0 Å². The van der Waals surface area contributed by atoms with Crippen molar-refractivity contribution in [1.29, 1.82) is 0 Å². The topological polar surface area (TPSA) is 80.2 Å². The number of aromatic nitrogens is 1. The van der Waals surface area contributed by atoms with Crippen molar-refractivity contribution in [3.63, 3.8) is 0 Å². The summed E-state index contributed by atoms with van der Waals surface area (Å²) in [6.07, 6.45) is 9.87. The van der Waals surface area contributed by atoms with Crippen molar-refractivity contribution in [3.05, 3.63) is 46.4 Å². The highest BCUT2D eigenvalue weighted by molar-refractivity contribution is 5.99. The third kappa shape index (κ3) is 5.31. The van der Waals surface area contributed by atoms with E-state index >= 15 is 0 Å². The predicted molar refractivity (Wildman–Crippen MR) is 102 cm³/mol. The number of amides is 2. The summed E-state index contributed by atoms with van der Waals surface area (Å²) in [5.74, 6) is -0.562. The third-order valence-corrected chi connectivity index (χ3v) is 4.49. The van der Waals surface area contributed by atoms with Gasteiger partial charge in [-0.1, -0.05) is 39.2 Å². The summed E-state index contributed by atoms with van der Waals surface area (Å²) in [6.45, 7) is 8.51. The SMILES string of the molecule is C=CCNC(=O)c1cn(CC(C)C)cc(C(=O)NC2CCCCC2)c1=O. The van der Waals surface area contributed by atoms with Gasteiger partial charge in [0.25, 0.3) is 11.8 Å². The lowest BCUT2D eigenvalue weighted by atomic mass is 9.95. The minimum atomic E-state index is -0.528. The van der Waals surface area contributed by atoms with Gasteiger partial charge < -0.3 is 15.2 Å². The Labute approximate surface area is 154 Å². The van der Waals surface area contributed by atoms with E-state index in [0.717, 1.165) is 25.7 Å². The van der Waals surface area contributed by atoms with Gasteiger partial charge in [0, 0.05) is 31.5 Å². The van der Waals surface area contributed by atoms with Gasteiger partial charge in [-0.05, 0) is 18.8 Å². The van der Waals surface area contributed by atoms with Gasteiger partial charge in [0.1, 0.15) is 11.1 Å². The number of carbonyl (C=O) groups is 2. The number of pyridine rings is 1. The van der Waals surface area contributed by atoms with Crippen LogP contribution in [0.25, 0.3) is 0 Å². The van der Waals surface area contributed by atoms with Crippen LogP contribution in [-0.4, -0.2) is 29.0 Å². The first-order valence-electron chi connectivity index (χ1n) is 9.36. The van der Waals surface area contributed by atoms with E-state index in [0.29, 0.717) is 12.5 Å². The first-order valence-corrected chi connectivity index (χ1v) is 9.36. The Morgan fingerprint density at radius 2 is 1.81 bits per heavy atom. The molecule has 0 radical (unpaired) electrons. The Morgan fingerprint density at radius 3 is 2.38 bits per heavy atom. The smallest absolute Gasteiger partial charge is 0.257 e. The molecule has 1 aromatic heterocycles. The van der Waals surface area contributed by atoms with Crippen molar-refractivity contribution in [3.8, 4) is 0 Å². The summed E-state index contributed by atoms with van der Waals surface area (Å²) < 4.78 is 1.75. The Morgan fingerprint density at radius 1 is 1.19 bits per heavy atom. The number of carbonyl (C=O) groups excluding carboxylic acids is 2. The van der Waals surface area contributed by atoms with Crippen molar-refractivity contribution in [2.75, 3.05) is 6.54 Å². The summed E-state index contributed by atoms with van der Waals surface area (Å²) in [6, 6.07) is 0.104. The second-order valence-corrected chi connectivity index (χ2v) is 7.31. The zero-order valence-electron chi connectivity index (χ0n) is 15.7. The standard InChI is InChI=1S/C20H29N3O3/c1-4-10-21-19(25)16-12-23(11-14(2)3)13-17(18(16)24)20(26)22-15-8-6-5-7-9-15/h4,12-15H,1,5-11H2,2-3H3,(H,21,25)(H,22,26). The molecule has 0 bridgehead atoms. The van der Waals surface area contributed by atoms with Crippen molar-refractivity contribution in [2.24, 2.45) is 5.92 Å². The van der Waals surface area contributed by atoms with Crippen molar-refractivity contribution >= 4 is 11.8 Å². The molecule has 6 heteroatoms. The van der Waals surface area contributed by atoms with Gasteiger partial charge in [-0.3, -0.25) is 14.4 Å². The normalized spacial score (nSPS) is 14.9. The summed E-state index contributed by atoms with van der Waals surface area (Å²) in [7, 11) is 0. The summed E-state index contributed by atoms with van der Waals surface area (Å²) in [4.78, 5) is 37.7. The first-order chi connectivity index (χ1) is 12.4. The Bertz CT molecular complexity index is 716. The molecule has 0 spiro atoms. The maximum Gasteiger partial charge on any atom is 0.257 e. The van der Waals surface area contributed by atoms with E-state index in [-0.39, 0.29) is 23.7 Å². The molecular weight excluding hydrogens is 330 g/mol. The van der Waals surface area contributed by atoms with Crippen LogP contribution in [0.1, 0.15) is 66.7 Å². The fourth-order valence-electron chi connectivity index (χ4n) is 3.25. The van der Waals surface area contributed by atoms with E-state index in [2.05, 4.69) is 17.2 Å². The number of hydrogen-bond acceptors (Lipinski definition) is 3. The molecule has 1 fully saturated rings. The summed E-state index contributed by atoms with van der Waals surface area (Å²) in [5.41, 5.74) is -0.508. The van der Waals surface area contributed by atoms with Crippen LogP contribution in [0.15, 0.2) is 29.8 Å². The fraction of sp³-hybridized carbons (Fsp3) is 0.550. The summed E-state index contributed by atoms with van der Waals surface area (Å²) in [5, 5.41) is 5.58. The maximum atomic E-state index is 12.7. The monoisotopic (exact) mass is 359 g/mol. The molecule has 2 N–H and O–H groups in total. The zero-order valence-corrected chi connectivity index (χ0v) is 15.7. The number of nitrogens with zero attached hydrogens (tertiary/aromatic N) is 1. The molecule has 0 unspecified atom stereocenters. The van der Waals surface area contributed by atoms with Crippen molar-refractivity contribution in [2.45, 2.75) is 58.5 Å². The molecule has 1 aromatic rings. The summed E-state index contributed by atoms with van der Waals surface area (Å²) >= 11 is 0. The number of rotatable bonds is 7. The molecule has 2 rings (SSSR count). The molecule has 0 atom stereocenters. The van der Waals surface area contributed by atoms with Crippen molar-refractivity contribution < 1.29 is 9.59 Å². The third-order valence-electron chi connectivity index (χ3n) is 4.49. The predicted octanol–water partition coefficient (Wildman–Crippen LogP) is 2.48. The highest BCUT2D eigenvalue weighted by Gasteiger charge is 2.22.